The molecule has 0 radical (unpaired) electrons. The summed E-state index contributed by atoms with van der Waals surface area (Å²) in [5, 5.41) is 7.08. The third kappa shape index (κ3) is 2.45. The van der Waals surface area contributed by atoms with Crippen LogP contribution in [0, 0.1) is 20.8 Å². The summed E-state index contributed by atoms with van der Waals surface area (Å²) in [6.45, 7) is 5.64. The summed E-state index contributed by atoms with van der Waals surface area (Å²) in [6, 6.07) is 5.55. The van der Waals surface area contributed by atoms with E-state index in [1.54, 1.807) is 10.7 Å². The Morgan fingerprint density at radius 1 is 1.32 bits per heavy atom. The Bertz CT molecular complexity index is 643. The van der Waals surface area contributed by atoms with Gasteiger partial charge in [0.05, 0.1) is 22.6 Å². The first kappa shape index (κ1) is 13.1. The summed E-state index contributed by atoms with van der Waals surface area (Å²) in [7, 11) is 1.82. The first-order valence-electron chi connectivity index (χ1n) is 6.08. The lowest BCUT2D eigenvalue weighted by atomic mass is 10.1. The van der Waals surface area contributed by atoms with Crippen LogP contribution in [-0.4, -0.2) is 15.7 Å². The maximum absolute atomic E-state index is 12.3. The number of hydrogen-bond donors (Lipinski definition) is 2. The van der Waals surface area contributed by atoms with Crippen molar-refractivity contribution in [3.05, 3.63) is 40.7 Å². The number of carbonyl (C=O) groups is 1. The summed E-state index contributed by atoms with van der Waals surface area (Å²) in [5.74, 6) is -0.180. The largest absolute Gasteiger partial charge is 0.397 e. The van der Waals surface area contributed by atoms with Gasteiger partial charge in [-0.1, -0.05) is 6.07 Å². The van der Waals surface area contributed by atoms with Crippen LogP contribution in [0.3, 0.4) is 0 Å². The summed E-state index contributed by atoms with van der Waals surface area (Å²) in [4.78, 5) is 12.3. The maximum Gasteiger partial charge on any atom is 0.259 e. The van der Waals surface area contributed by atoms with Gasteiger partial charge in [-0.3, -0.25) is 9.48 Å². The number of amides is 1. The average Bonchev–Trinajstić information content (AvgIpc) is 2.58. The molecule has 0 unspecified atom stereocenters. The zero-order valence-corrected chi connectivity index (χ0v) is 11.6. The van der Waals surface area contributed by atoms with Gasteiger partial charge in [-0.05, 0) is 38.5 Å². The van der Waals surface area contributed by atoms with E-state index in [-0.39, 0.29) is 5.91 Å². The van der Waals surface area contributed by atoms with E-state index < -0.39 is 0 Å². The van der Waals surface area contributed by atoms with Crippen molar-refractivity contribution in [1.82, 2.24) is 9.78 Å². The number of nitrogens with one attached hydrogen (secondary N) is 1. The predicted octanol–water partition coefficient (Wildman–Crippen LogP) is 2.18. The highest BCUT2D eigenvalue weighted by molar-refractivity contribution is 6.07. The van der Waals surface area contributed by atoms with Crippen LogP contribution >= 0.6 is 0 Å². The number of anilines is 2. The maximum atomic E-state index is 12.3. The van der Waals surface area contributed by atoms with E-state index in [9.17, 15) is 4.79 Å². The molecule has 0 saturated heterocycles. The van der Waals surface area contributed by atoms with Crippen molar-refractivity contribution in [3.63, 3.8) is 0 Å². The fourth-order valence-electron chi connectivity index (χ4n) is 2.07. The summed E-state index contributed by atoms with van der Waals surface area (Å²) in [5.41, 5.74) is 10.2. The third-order valence-corrected chi connectivity index (χ3v) is 3.19. The average molecular weight is 258 g/mol. The predicted molar refractivity (Wildman–Crippen MR) is 76.2 cm³/mol. The summed E-state index contributed by atoms with van der Waals surface area (Å²) >= 11 is 0. The van der Waals surface area contributed by atoms with Gasteiger partial charge in [0.15, 0.2) is 0 Å². The van der Waals surface area contributed by atoms with Crippen molar-refractivity contribution in [2.75, 3.05) is 11.1 Å². The molecule has 0 atom stereocenters. The molecule has 5 nitrogen and oxygen atoms in total. The standard InChI is InChI=1S/C14H18N4O/c1-8-5-6-11(15)12(7-8)16-14(19)13-9(2)17-18(4)10(13)3/h5-7H,15H2,1-4H3,(H,16,19). The molecule has 3 N–H and O–H groups in total. The van der Waals surface area contributed by atoms with Crippen molar-refractivity contribution < 1.29 is 4.79 Å². The zero-order chi connectivity index (χ0) is 14.2. The smallest absolute Gasteiger partial charge is 0.259 e. The molecule has 0 aliphatic rings. The quantitative estimate of drug-likeness (QED) is 0.811. The highest BCUT2D eigenvalue weighted by Crippen LogP contribution is 2.21. The number of nitrogens with zero attached hydrogens (tertiary/aromatic N) is 2. The minimum Gasteiger partial charge on any atom is -0.397 e. The second-order valence-corrected chi connectivity index (χ2v) is 4.71. The molecule has 2 rings (SSSR count). The van der Waals surface area contributed by atoms with E-state index in [1.165, 1.54) is 0 Å². The second kappa shape index (κ2) is 4.76. The number of aromatic nitrogens is 2. The normalized spacial score (nSPS) is 10.5. The molecule has 0 spiro atoms. The Kier molecular flexibility index (Phi) is 3.29. The lowest BCUT2D eigenvalue weighted by molar-refractivity contribution is 0.102. The molecule has 1 amide bonds. The minimum atomic E-state index is -0.180. The van der Waals surface area contributed by atoms with Gasteiger partial charge in [0.1, 0.15) is 0 Å². The molecule has 2 aromatic rings. The number of nitrogen functional groups attached to an aromatic ring is 1. The highest BCUT2D eigenvalue weighted by atomic mass is 16.1. The van der Waals surface area contributed by atoms with Crippen LogP contribution in [-0.2, 0) is 7.05 Å². The molecule has 100 valence electrons. The molecule has 19 heavy (non-hydrogen) atoms. The van der Waals surface area contributed by atoms with E-state index >= 15 is 0 Å². The summed E-state index contributed by atoms with van der Waals surface area (Å²) < 4.78 is 1.70. The van der Waals surface area contributed by atoms with E-state index in [0.29, 0.717) is 22.6 Å². The van der Waals surface area contributed by atoms with E-state index in [2.05, 4.69) is 10.4 Å². The molecule has 1 aromatic heterocycles. The van der Waals surface area contributed by atoms with Crippen molar-refractivity contribution in [2.24, 2.45) is 7.05 Å². The Morgan fingerprint density at radius 2 is 2.00 bits per heavy atom. The van der Waals surface area contributed by atoms with Crippen molar-refractivity contribution in [1.29, 1.82) is 0 Å². The van der Waals surface area contributed by atoms with Crippen LogP contribution in [0.4, 0.5) is 11.4 Å². The van der Waals surface area contributed by atoms with Gasteiger partial charge < -0.3 is 11.1 Å². The number of hydrogen-bond acceptors (Lipinski definition) is 3. The fraction of sp³-hybridized carbons (Fsp3) is 0.286. The van der Waals surface area contributed by atoms with Gasteiger partial charge in [0, 0.05) is 12.7 Å². The molecule has 0 aliphatic heterocycles. The minimum absolute atomic E-state index is 0.180. The van der Waals surface area contributed by atoms with Crippen molar-refractivity contribution >= 4 is 17.3 Å². The van der Waals surface area contributed by atoms with Crippen LogP contribution in [0.15, 0.2) is 18.2 Å². The molecule has 0 fully saturated rings. The number of benzene rings is 1. The van der Waals surface area contributed by atoms with Crippen LogP contribution in [0.2, 0.25) is 0 Å². The molecule has 5 heteroatoms. The van der Waals surface area contributed by atoms with E-state index in [4.69, 9.17) is 5.73 Å². The third-order valence-electron chi connectivity index (χ3n) is 3.19. The van der Waals surface area contributed by atoms with E-state index in [0.717, 1.165) is 11.3 Å². The topological polar surface area (TPSA) is 72.9 Å². The van der Waals surface area contributed by atoms with Gasteiger partial charge >= 0.3 is 0 Å². The Hall–Kier alpha value is -2.30. The number of nitrogens with two attached hydrogens (primary N) is 1. The van der Waals surface area contributed by atoms with Crippen LogP contribution in [0.25, 0.3) is 0 Å². The van der Waals surface area contributed by atoms with Crippen LogP contribution < -0.4 is 11.1 Å². The molecular weight excluding hydrogens is 240 g/mol. The van der Waals surface area contributed by atoms with Crippen LogP contribution in [0.1, 0.15) is 27.3 Å². The van der Waals surface area contributed by atoms with Gasteiger partial charge in [-0.15, -0.1) is 0 Å². The molecule has 0 aliphatic carbocycles. The lowest BCUT2D eigenvalue weighted by Gasteiger charge is -2.09. The van der Waals surface area contributed by atoms with Crippen LogP contribution in [0.5, 0.6) is 0 Å². The SMILES string of the molecule is Cc1ccc(N)c(NC(=O)c2c(C)nn(C)c2C)c1. The molecule has 1 heterocycles. The van der Waals surface area contributed by atoms with E-state index in [1.807, 2.05) is 40.0 Å². The molecule has 0 bridgehead atoms. The molecular formula is C14H18N4O. The van der Waals surface area contributed by atoms with Crippen molar-refractivity contribution in [3.8, 4) is 0 Å². The Morgan fingerprint density at radius 3 is 2.58 bits per heavy atom. The Balaban J connectivity index is 2.33. The van der Waals surface area contributed by atoms with Crippen molar-refractivity contribution in [2.45, 2.75) is 20.8 Å². The molecule has 1 aromatic carbocycles. The Labute approximate surface area is 112 Å². The first-order chi connectivity index (χ1) is 8.90. The highest BCUT2D eigenvalue weighted by Gasteiger charge is 2.18. The summed E-state index contributed by atoms with van der Waals surface area (Å²) in [6.07, 6.45) is 0. The first-order valence-corrected chi connectivity index (χ1v) is 6.08. The fourth-order valence-corrected chi connectivity index (χ4v) is 2.07. The molecule has 0 saturated carbocycles. The van der Waals surface area contributed by atoms with Gasteiger partial charge in [0.2, 0.25) is 0 Å². The van der Waals surface area contributed by atoms with Gasteiger partial charge in [-0.25, -0.2) is 0 Å². The monoisotopic (exact) mass is 258 g/mol. The number of aryl methyl sites for hydroxylation is 3. The lowest BCUT2D eigenvalue weighted by Crippen LogP contribution is -2.15. The number of rotatable bonds is 2. The number of carbonyl (C=O) groups excluding carboxylic acids is 1. The van der Waals surface area contributed by atoms with Gasteiger partial charge in [-0.2, -0.15) is 5.10 Å². The van der Waals surface area contributed by atoms with Gasteiger partial charge in [0.25, 0.3) is 5.91 Å². The zero-order valence-electron chi connectivity index (χ0n) is 11.6. The second-order valence-electron chi connectivity index (χ2n) is 4.71.